The van der Waals surface area contributed by atoms with Gasteiger partial charge < -0.3 is 0 Å². The summed E-state index contributed by atoms with van der Waals surface area (Å²) in [5.41, 5.74) is 1.63. The van der Waals surface area contributed by atoms with E-state index in [0.717, 1.165) is 10.5 Å². The molecule has 0 fully saturated rings. The van der Waals surface area contributed by atoms with Crippen molar-refractivity contribution in [3.8, 4) is 0 Å². The summed E-state index contributed by atoms with van der Waals surface area (Å²) >= 11 is 4.17. The van der Waals surface area contributed by atoms with Crippen molar-refractivity contribution >= 4 is 24.4 Å². The van der Waals surface area contributed by atoms with Gasteiger partial charge in [0.2, 0.25) is 6.08 Å². The van der Waals surface area contributed by atoms with Crippen LogP contribution in [0.2, 0.25) is 0 Å². The van der Waals surface area contributed by atoms with E-state index in [-0.39, 0.29) is 0 Å². The van der Waals surface area contributed by atoms with Crippen molar-refractivity contribution in [2.75, 3.05) is 0 Å². The molecule has 0 amide bonds. The quantitative estimate of drug-likeness (QED) is 0.386. The number of aryl methyl sites for hydroxylation is 1. The third-order valence-electron chi connectivity index (χ3n) is 1.36. The highest BCUT2D eigenvalue weighted by Gasteiger charge is 1.93. The summed E-state index contributed by atoms with van der Waals surface area (Å²) in [5.74, 6) is 0. The molecule has 0 N–H and O–H groups in total. The molecule has 0 aliphatic carbocycles. The zero-order valence-electron chi connectivity index (χ0n) is 6.03. The van der Waals surface area contributed by atoms with Crippen LogP contribution in [0.1, 0.15) is 5.56 Å². The standard InChI is InChI=1S/C8H7NOS/c1-6-4-7(9-5-10)2-3-8(6)11/h2-4,11H,1H3. The molecular formula is C8H7NOS. The molecule has 0 spiro atoms. The second-order valence-electron chi connectivity index (χ2n) is 2.17. The van der Waals surface area contributed by atoms with Gasteiger partial charge in [-0.2, -0.15) is 4.99 Å². The number of hydrogen-bond donors (Lipinski definition) is 1. The first-order valence-corrected chi connectivity index (χ1v) is 3.56. The van der Waals surface area contributed by atoms with E-state index in [4.69, 9.17) is 0 Å². The van der Waals surface area contributed by atoms with Crippen LogP contribution in [-0.2, 0) is 4.79 Å². The highest BCUT2D eigenvalue weighted by Crippen LogP contribution is 2.19. The molecular weight excluding hydrogens is 158 g/mol. The molecule has 2 nitrogen and oxygen atoms in total. The molecule has 3 heteroatoms. The molecule has 1 aromatic carbocycles. The lowest BCUT2D eigenvalue weighted by Gasteiger charge is -1.97. The van der Waals surface area contributed by atoms with E-state index in [1.54, 1.807) is 18.2 Å². The van der Waals surface area contributed by atoms with Gasteiger partial charge in [0, 0.05) is 4.90 Å². The topological polar surface area (TPSA) is 29.4 Å². The van der Waals surface area contributed by atoms with Crippen LogP contribution in [-0.4, -0.2) is 6.08 Å². The normalized spacial score (nSPS) is 8.91. The zero-order chi connectivity index (χ0) is 8.27. The Morgan fingerprint density at radius 2 is 2.27 bits per heavy atom. The Hall–Kier alpha value is -1.05. The zero-order valence-corrected chi connectivity index (χ0v) is 6.93. The first-order chi connectivity index (χ1) is 5.24. The number of rotatable bonds is 1. The molecule has 1 rings (SSSR count). The van der Waals surface area contributed by atoms with E-state index in [2.05, 4.69) is 17.6 Å². The number of isocyanates is 1. The van der Waals surface area contributed by atoms with Gasteiger partial charge in [0.25, 0.3) is 0 Å². The summed E-state index contributed by atoms with van der Waals surface area (Å²) in [5, 5.41) is 0. The van der Waals surface area contributed by atoms with Gasteiger partial charge in [-0.3, -0.25) is 0 Å². The molecule has 1 aromatic rings. The van der Waals surface area contributed by atoms with Crippen molar-refractivity contribution in [2.45, 2.75) is 11.8 Å². The van der Waals surface area contributed by atoms with Gasteiger partial charge in [0.05, 0.1) is 5.69 Å². The Labute approximate surface area is 70.4 Å². The van der Waals surface area contributed by atoms with Crippen molar-refractivity contribution in [3.05, 3.63) is 23.8 Å². The van der Waals surface area contributed by atoms with Gasteiger partial charge in [-0.15, -0.1) is 12.6 Å². The van der Waals surface area contributed by atoms with Crippen LogP contribution in [0.5, 0.6) is 0 Å². The van der Waals surface area contributed by atoms with Crippen LogP contribution in [0.3, 0.4) is 0 Å². The molecule has 0 saturated carbocycles. The smallest absolute Gasteiger partial charge is 0.211 e. The number of carbonyl (C=O) groups excluding carboxylic acids is 1. The Morgan fingerprint density at radius 1 is 1.55 bits per heavy atom. The SMILES string of the molecule is Cc1cc(N=C=O)ccc1S. The summed E-state index contributed by atoms with van der Waals surface area (Å²) in [7, 11) is 0. The van der Waals surface area contributed by atoms with E-state index in [1.807, 2.05) is 6.92 Å². The second kappa shape index (κ2) is 3.37. The van der Waals surface area contributed by atoms with Crippen LogP contribution in [0.15, 0.2) is 28.1 Å². The molecule has 56 valence electrons. The lowest BCUT2D eigenvalue weighted by Crippen LogP contribution is -1.73. The lowest BCUT2D eigenvalue weighted by molar-refractivity contribution is 0.565. The van der Waals surface area contributed by atoms with Crippen LogP contribution in [0.25, 0.3) is 0 Å². The third kappa shape index (κ3) is 1.93. The molecule has 0 aromatic heterocycles. The summed E-state index contributed by atoms with van der Waals surface area (Å²) in [6, 6.07) is 5.31. The second-order valence-corrected chi connectivity index (χ2v) is 2.66. The number of nitrogens with zero attached hydrogens (tertiary/aromatic N) is 1. The minimum absolute atomic E-state index is 0.621. The maximum Gasteiger partial charge on any atom is 0.240 e. The van der Waals surface area contributed by atoms with Crippen molar-refractivity contribution in [3.63, 3.8) is 0 Å². The van der Waals surface area contributed by atoms with Crippen LogP contribution >= 0.6 is 12.6 Å². The molecule has 0 heterocycles. The Bertz CT molecular complexity index is 316. The molecule has 0 radical (unpaired) electrons. The van der Waals surface area contributed by atoms with E-state index in [0.29, 0.717) is 5.69 Å². The van der Waals surface area contributed by atoms with Crippen molar-refractivity contribution in [1.29, 1.82) is 0 Å². The summed E-state index contributed by atoms with van der Waals surface area (Å²) in [4.78, 5) is 14.2. The van der Waals surface area contributed by atoms with Crippen LogP contribution in [0, 0.1) is 6.92 Å². The van der Waals surface area contributed by atoms with Gasteiger partial charge in [-0.05, 0) is 30.7 Å². The molecule has 11 heavy (non-hydrogen) atoms. The number of benzene rings is 1. The minimum Gasteiger partial charge on any atom is -0.211 e. The first-order valence-electron chi connectivity index (χ1n) is 3.11. The maximum atomic E-state index is 9.86. The van der Waals surface area contributed by atoms with Gasteiger partial charge in [0.1, 0.15) is 0 Å². The number of aliphatic imine (C=N–C) groups is 1. The summed E-state index contributed by atoms with van der Waals surface area (Å²) < 4.78 is 0. The van der Waals surface area contributed by atoms with Gasteiger partial charge in [-0.1, -0.05) is 0 Å². The largest absolute Gasteiger partial charge is 0.240 e. The predicted octanol–water partition coefficient (Wildman–Crippen LogP) is 2.25. The first kappa shape index (κ1) is 8.05. The number of thiol groups is 1. The van der Waals surface area contributed by atoms with Crippen LogP contribution < -0.4 is 0 Å². The number of hydrogen-bond acceptors (Lipinski definition) is 3. The van der Waals surface area contributed by atoms with Gasteiger partial charge in [-0.25, -0.2) is 4.79 Å². The van der Waals surface area contributed by atoms with Crippen molar-refractivity contribution in [2.24, 2.45) is 4.99 Å². The van der Waals surface area contributed by atoms with Crippen LogP contribution in [0.4, 0.5) is 5.69 Å². The third-order valence-corrected chi connectivity index (χ3v) is 1.86. The summed E-state index contributed by atoms with van der Waals surface area (Å²) in [6.45, 7) is 1.91. The van der Waals surface area contributed by atoms with E-state index in [1.165, 1.54) is 6.08 Å². The molecule has 0 unspecified atom stereocenters. The monoisotopic (exact) mass is 165 g/mol. The van der Waals surface area contributed by atoms with Crippen molar-refractivity contribution < 1.29 is 4.79 Å². The molecule has 0 aliphatic heterocycles. The Kier molecular flexibility index (Phi) is 2.47. The van der Waals surface area contributed by atoms with E-state index in [9.17, 15) is 4.79 Å². The molecule has 0 saturated heterocycles. The molecule has 0 aliphatic rings. The fourth-order valence-electron chi connectivity index (χ4n) is 0.762. The van der Waals surface area contributed by atoms with E-state index < -0.39 is 0 Å². The fraction of sp³-hybridized carbons (Fsp3) is 0.125. The molecule has 0 atom stereocenters. The fourth-order valence-corrected chi connectivity index (χ4v) is 0.901. The highest BCUT2D eigenvalue weighted by molar-refractivity contribution is 7.80. The average Bonchev–Trinajstić information content (AvgIpc) is 1.98. The van der Waals surface area contributed by atoms with Gasteiger partial charge >= 0.3 is 0 Å². The highest BCUT2D eigenvalue weighted by atomic mass is 32.1. The van der Waals surface area contributed by atoms with Crippen molar-refractivity contribution in [1.82, 2.24) is 0 Å². The average molecular weight is 165 g/mol. The minimum atomic E-state index is 0.621. The Morgan fingerprint density at radius 3 is 2.82 bits per heavy atom. The van der Waals surface area contributed by atoms with Gasteiger partial charge in [0.15, 0.2) is 0 Å². The lowest BCUT2D eigenvalue weighted by atomic mass is 10.2. The van der Waals surface area contributed by atoms with E-state index >= 15 is 0 Å². The summed E-state index contributed by atoms with van der Waals surface area (Å²) in [6.07, 6.45) is 1.48. The maximum absolute atomic E-state index is 9.86. The molecule has 0 bridgehead atoms. The predicted molar refractivity (Wildman–Crippen MR) is 46.2 cm³/mol. The Balaban J connectivity index is 3.14.